The fraction of sp³-hybridized carbons (Fsp3) is 0.562. The first-order valence-corrected chi connectivity index (χ1v) is 7.43. The molecule has 1 aliphatic rings. The van der Waals surface area contributed by atoms with Gasteiger partial charge in [-0.3, -0.25) is 9.69 Å². The first-order chi connectivity index (χ1) is 9.69. The van der Waals surface area contributed by atoms with Crippen molar-refractivity contribution in [3.63, 3.8) is 0 Å². The Morgan fingerprint density at radius 1 is 1.15 bits per heavy atom. The van der Waals surface area contributed by atoms with Crippen LogP contribution in [0.25, 0.3) is 0 Å². The Kier molecular flexibility index (Phi) is 5.53. The van der Waals surface area contributed by atoms with Gasteiger partial charge in [0.2, 0.25) is 5.91 Å². The van der Waals surface area contributed by atoms with Crippen LogP contribution >= 0.6 is 0 Å². The molecule has 0 unspecified atom stereocenters. The molecule has 0 aromatic heterocycles. The van der Waals surface area contributed by atoms with Gasteiger partial charge in [-0.15, -0.1) is 0 Å². The van der Waals surface area contributed by atoms with E-state index < -0.39 is 0 Å². The van der Waals surface area contributed by atoms with Crippen molar-refractivity contribution in [2.24, 2.45) is 0 Å². The number of hydrogen-bond acceptors (Lipinski definition) is 2. The third-order valence-electron chi connectivity index (χ3n) is 3.88. The van der Waals surface area contributed by atoms with E-state index in [1.54, 1.807) is 0 Å². The molecule has 1 fully saturated rings. The van der Waals surface area contributed by atoms with Crippen molar-refractivity contribution in [3.05, 3.63) is 35.6 Å². The highest BCUT2D eigenvalue weighted by Crippen LogP contribution is 2.08. The van der Waals surface area contributed by atoms with Gasteiger partial charge in [-0.2, -0.15) is 0 Å². The molecule has 20 heavy (non-hydrogen) atoms. The van der Waals surface area contributed by atoms with Crippen molar-refractivity contribution in [1.29, 1.82) is 0 Å². The number of halogens is 1. The van der Waals surface area contributed by atoms with Crippen molar-refractivity contribution in [1.82, 2.24) is 9.80 Å². The SMILES string of the molecule is CCC(=O)N1CCN(CCCc2ccc(F)cc2)CC1. The average molecular weight is 278 g/mol. The highest BCUT2D eigenvalue weighted by Gasteiger charge is 2.19. The van der Waals surface area contributed by atoms with Crippen LogP contribution in [0.1, 0.15) is 25.3 Å². The summed E-state index contributed by atoms with van der Waals surface area (Å²) < 4.78 is 12.8. The van der Waals surface area contributed by atoms with Gasteiger partial charge in [0, 0.05) is 32.6 Å². The molecule has 0 radical (unpaired) electrons. The normalized spacial score (nSPS) is 16.4. The lowest BCUT2D eigenvalue weighted by Crippen LogP contribution is -2.48. The van der Waals surface area contributed by atoms with Crippen LogP contribution in [-0.4, -0.2) is 48.4 Å². The maximum Gasteiger partial charge on any atom is 0.222 e. The van der Waals surface area contributed by atoms with Gasteiger partial charge in [0.1, 0.15) is 5.82 Å². The maximum absolute atomic E-state index is 12.8. The smallest absolute Gasteiger partial charge is 0.222 e. The van der Waals surface area contributed by atoms with Crippen molar-refractivity contribution in [2.45, 2.75) is 26.2 Å². The van der Waals surface area contributed by atoms with Crippen LogP contribution in [0, 0.1) is 5.82 Å². The summed E-state index contributed by atoms with van der Waals surface area (Å²) in [7, 11) is 0. The standard InChI is InChI=1S/C16H23FN2O/c1-2-16(20)19-12-10-18(11-13-19)9-3-4-14-5-7-15(17)8-6-14/h5-8H,2-4,9-13H2,1H3. The highest BCUT2D eigenvalue weighted by atomic mass is 19.1. The Morgan fingerprint density at radius 2 is 1.80 bits per heavy atom. The molecule has 4 heteroatoms. The number of nitrogens with zero attached hydrogens (tertiary/aromatic N) is 2. The van der Waals surface area contributed by atoms with Gasteiger partial charge in [-0.25, -0.2) is 4.39 Å². The lowest BCUT2D eigenvalue weighted by atomic mass is 10.1. The number of piperazine rings is 1. The molecule has 0 N–H and O–H groups in total. The van der Waals surface area contributed by atoms with E-state index in [9.17, 15) is 9.18 Å². The van der Waals surface area contributed by atoms with E-state index in [0.717, 1.165) is 45.6 Å². The lowest BCUT2D eigenvalue weighted by molar-refractivity contribution is -0.132. The second-order valence-electron chi connectivity index (χ2n) is 5.31. The summed E-state index contributed by atoms with van der Waals surface area (Å²) in [5.41, 5.74) is 1.19. The Labute approximate surface area is 120 Å². The molecule has 1 aliphatic heterocycles. The van der Waals surface area contributed by atoms with Crippen LogP contribution < -0.4 is 0 Å². The van der Waals surface area contributed by atoms with Crippen molar-refractivity contribution in [2.75, 3.05) is 32.7 Å². The van der Waals surface area contributed by atoms with E-state index in [-0.39, 0.29) is 11.7 Å². The third-order valence-corrected chi connectivity index (χ3v) is 3.88. The molecule has 2 rings (SSSR count). The summed E-state index contributed by atoms with van der Waals surface area (Å²) in [5, 5.41) is 0. The molecule has 0 atom stereocenters. The Morgan fingerprint density at radius 3 is 2.40 bits per heavy atom. The van der Waals surface area contributed by atoms with Gasteiger partial charge in [0.25, 0.3) is 0 Å². The topological polar surface area (TPSA) is 23.6 Å². The van der Waals surface area contributed by atoms with E-state index in [2.05, 4.69) is 4.90 Å². The van der Waals surface area contributed by atoms with E-state index in [4.69, 9.17) is 0 Å². The summed E-state index contributed by atoms with van der Waals surface area (Å²) in [5.74, 6) is 0.0847. The predicted octanol–water partition coefficient (Wildman–Crippen LogP) is 2.31. The van der Waals surface area contributed by atoms with Crippen LogP contribution in [0.5, 0.6) is 0 Å². The first kappa shape index (κ1) is 15.0. The van der Waals surface area contributed by atoms with Gasteiger partial charge >= 0.3 is 0 Å². The lowest BCUT2D eigenvalue weighted by Gasteiger charge is -2.34. The Bertz CT molecular complexity index is 425. The minimum Gasteiger partial charge on any atom is -0.340 e. The van der Waals surface area contributed by atoms with Crippen LogP contribution in [0.3, 0.4) is 0 Å². The minimum atomic E-state index is -0.175. The Hall–Kier alpha value is -1.42. The average Bonchev–Trinajstić information content (AvgIpc) is 2.49. The van der Waals surface area contributed by atoms with Gasteiger partial charge in [0.05, 0.1) is 0 Å². The number of rotatable bonds is 5. The number of benzene rings is 1. The minimum absolute atomic E-state index is 0.175. The van der Waals surface area contributed by atoms with E-state index in [0.29, 0.717) is 6.42 Å². The molecule has 1 amide bonds. The highest BCUT2D eigenvalue weighted by molar-refractivity contribution is 5.75. The predicted molar refractivity (Wildman–Crippen MR) is 78.0 cm³/mol. The molecule has 110 valence electrons. The van der Waals surface area contributed by atoms with E-state index in [1.807, 2.05) is 24.0 Å². The van der Waals surface area contributed by atoms with Crippen LogP contribution in [0.2, 0.25) is 0 Å². The molecule has 1 aromatic rings. The molecule has 0 spiro atoms. The van der Waals surface area contributed by atoms with Crippen molar-refractivity contribution < 1.29 is 9.18 Å². The number of carbonyl (C=O) groups is 1. The number of carbonyl (C=O) groups excluding carboxylic acids is 1. The summed E-state index contributed by atoms with van der Waals surface area (Å²) in [6.45, 7) is 6.60. The molecule has 1 saturated heterocycles. The molecule has 1 aromatic carbocycles. The summed E-state index contributed by atoms with van der Waals surface area (Å²) in [4.78, 5) is 15.9. The molecular formula is C16H23FN2O. The monoisotopic (exact) mass is 278 g/mol. The molecule has 1 heterocycles. The van der Waals surface area contributed by atoms with Gasteiger partial charge < -0.3 is 4.90 Å². The summed E-state index contributed by atoms with van der Waals surface area (Å²) in [6, 6.07) is 6.75. The second kappa shape index (κ2) is 7.39. The van der Waals surface area contributed by atoms with Crippen molar-refractivity contribution >= 4 is 5.91 Å². The fourth-order valence-electron chi connectivity index (χ4n) is 2.60. The van der Waals surface area contributed by atoms with Gasteiger partial charge in [-0.05, 0) is 37.1 Å². The zero-order valence-corrected chi connectivity index (χ0v) is 12.1. The van der Waals surface area contributed by atoms with Crippen LogP contribution in [0.15, 0.2) is 24.3 Å². The number of aryl methyl sites for hydroxylation is 1. The quantitative estimate of drug-likeness (QED) is 0.825. The Balaban J connectivity index is 1.66. The van der Waals surface area contributed by atoms with Gasteiger partial charge in [-0.1, -0.05) is 19.1 Å². The van der Waals surface area contributed by atoms with Crippen LogP contribution in [0.4, 0.5) is 4.39 Å². The summed E-state index contributed by atoms with van der Waals surface area (Å²) in [6.07, 6.45) is 2.66. The number of hydrogen-bond donors (Lipinski definition) is 0. The van der Waals surface area contributed by atoms with Crippen molar-refractivity contribution in [3.8, 4) is 0 Å². The summed E-state index contributed by atoms with van der Waals surface area (Å²) >= 11 is 0. The molecule has 0 bridgehead atoms. The van der Waals surface area contributed by atoms with E-state index >= 15 is 0 Å². The molecule has 0 saturated carbocycles. The molecule has 3 nitrogen and oxygen atoms in total. The zero-order chi connectivity index (χ0) is 14.4. The largest absolute Gasteiger partial charge is 0.340 e. The zero-order valence-electron chi connectivity index (χ0n) is 12.1. The van der Waals surface area contributed by atoms with E-state index in [1.165, 1.54) is 17.7 Å². The van der Waals surface area contributed by atoms with Crippen LogP contribution in [-0.2, 0) is 11.2 Å². The molecule has 0 aliphatic carbocycles. The fourth-order valence-corrected chi connectivity index (χ4v) is 2.60. The molecular weight excluding hydrogens is 255 g/mol. The van der Waals surface area contributed by atoms with Gasteiger partial charge in [0.15, 0.2) is 0 Å². The first-order valence-electron chi connectivity index (χ1n) is 7.43. The third kappa shape index (κ3) is 4.30. The second-order valence-corrected chi connectivity index (χ2v) is 5.31. The number of amides is 1. The maximum atomic E-state index is 12.8.